The smallest absolute Gasteiger partial charge is 0.341 e. The van der Waals surface area contributed by atoms with E-state index in [4.69, 9.17) is 19.9 Å². The van der Waals surface area contributed by atoms with Crippen LogP contribution in [0.1, 0.15) is 23.6 Å². The Kier molecular flexibility index (Phi) is 6.77. The third kappa shape index (κ3) is 4.35. The topological polar surface area (TPSA) is 117 Å². The van der Waals surface area contributed by atoms with Gasteiger partial charge in [-0.25, -0.2) is 9.59 Å². The lowest BCUT2D eigenvalue weighted by atomic mass is 9.67. The Morgan fingerprint density at radius 2 is 1.45 bits per heavy atom. The summed E-state index contributed by atoms with van der Waals surface area (Å²) >= 11 is 3.44. The van der Waals surface area contributed by atoms with Crippen LogP contribution in [-0.2, 0) is 47.2 Å². The molecular weight excluding hydrogens is 552 g/mol. The van der Waals surface area contributed by atoms with Crippen LogP contribution < -0.4 is 11.1 Å². The van der Waals surface area contributed by atoms with Gasteiger partial charge in [-0.3, -0.25) is 4.79 Å². The molecule has 1 spiro atoms. The first kappa shape index (κ1) is 25.3. The number of allylic oxidation sites excluding steroid dienone is 1. The van der Waals surface area contributed by atoms with Crippen molar-refractivity contribution in [2.45, 2.75) is 25.6 Å². The van der Waals surface area contributed by atoms with Crippen LogP contribution in [0.4, 0.5) is 5.69 Å². The van der Waals surface area contributed by atoms with Gasteiger partial charge in [0.05, 0.1) is 0 Å². The molecule has 2 aliphatic heterocycles. The summed E-state index contributed by atoms with van der Waals surface area (Å²) in [5, 5.41) is 2.79. The van der Waals surface area contributed by atoms with Crippen molar-refractivity contribution in [1.29, 1.82) is 0 Å². The monoisotopic (exact) mass is 574 g/mol. The molecule has 3 N–H and O–H groups in total. The van der Waals surface area contributed by atoms with Gasteiger partial charge in [0.25, 0.3) is 0 Å². The van der Waals surface area contributed by atoms with Gasteiger partial charge in [0.1, 0.15) is 35.5 Å². The minimum absolute atomic E-state index is 0.0446. The predicted octanol–water partition coefficient (Wildman–Crippen LogP) is 4.60. The fraction of sp³-hybridized carbons (Fsp3) is 0.138. The Bertz CT molecular complexity index is 1420. The second-order valence-electron chi connectivity index (χ2n) is 8.79. The number of hydrogen-bond acceptors (Lipinski definition) is 7. The van der Waals surface area contributed by atoms with E-state index in [0.29, 0.717) is 15.7 Å². The van der Waals surface area contributed by atoms with E-state index in [1.807, 2.05) is 36.4 Å². The van der Waals surface area contributed by atoms with Crippen LogP contribution in [0.5, 0.6) is 0 Å². The highest BCUT2D eigenvalue weighted by Gasteiger charge is 2.62. The SMILES string of the molecule is CC1=C(C(=O)OCc2ccccc2)[C@]2(C(=O)Nc3ccc(Br)cc32)C(C(=O)OCc2ccccc2)=C(N)O1. The number of halogens is 1. The second kappa shape index (κ2) is 10.2. The molecule has 0 bridgehead atoms. The van der Waals surface area contributed by atoms with Crippen molar-refractivity contribution in [2.24, 2.45) is 5.73 Å². The van der Waals surface area contributed by atoms with Gasteiger partial charge in [0.2, 0.25) is 11.8 Å². The summed E-state index contributed by atoms with van der Waals surface area (Å²) in [7, 11) is 0. The zero-order chi connectivity index (χ0) is 26.9. The number of fused-ring (bicyclic) bond motifs is 2. The first-order chi connectivity index (χ1) is 18.3. The summed E-state index contributed by atoms with van der Waals surface area (Å²) in [6.07, 6.45) is 0. The van der Waals surface area contributed by atoms with Crippen LogP contribution in [0.25, 0.3) is 0 Å². The number of ether oxygens (including phenoxy) is 3. The molecule has 0 aromatic heterocycles. The van der Waals surface area contributed by atoms with Crippen LogP contribution in [0, 0.1) is 0 Å². The molecule has 3 aromatic carbocycles. The van der Waals surface area contributed by atoms with Gasteiger partial charge in [-0.15, -0.1) is 0 Å². The summed E-state index contributed by atoms with van der Waals surface area (Å²) < 4.78 is 17.5. The fourth-order valence-corrected chi connectivity index (χ4v) is 5.11. The summed E-state index contributed by atoms with van der Waals surface area (Å²) in [5.74, 6) is -2.65. The molecule has 2 aliphatic rings. The molecule has 5 rings (SSSR count). The molecule has 0 fully saturated rings. The maximum atomic E-state index is 13.9. The third-order valence-electron chi connectivity index (χ3n) is 6.42. The summed E-state index contributed by atoms with van der Waals surface area (Å²) in [6.45, 7) is 1.38. The third-order valence-corrected chi connectivity index (χ3v) is 6.91. The number of carbonyl (C=O) groups excluding carboxylic acids is 3. The Hall–Kier alpha value is -4.37. The van der Waals surface area contributed by atoms with Gasteiger partial charge in [0, 0.05) is 15.7 Å². The molecule has 1 atom stereocenters. The van der Waals surface area contributed by atoms with Crippen LogP contribution in [-0.4, -0.2) is 17.8 Å². The molecule has 3 aromatic rings. The highest BCUT2D eigenvalue weighted by atomic mass is 79.9. The van der Waals surface area contributed by atoms with E-state index in [-0.39, 0.29) is 36.0 Å². The first-order valence-corrected chi connectivity index (χ1v) is 12.5. The van der Waals surface area contributed by atoms with Crippen LogP contribution >= 0.6 is 15.9 Å². The molecule has 0 saturated carbocycles. The summed E-state index contributed by atoms with van der Waals surface area (Å²) in [6, 6.07) is 23.2. The van der Waals surface area contributed by atoms with E-state index < -0.39 is 23.3 Å². The van der Waals surface area contributed by atoms with E-state index >= 15 is 0 Å². The average Bonchev–Trinajstić information content (AvgIpc) is 3.18. The number of benzene rings is 3. The number of carbonyl (C=O) groups is 3. The van der Waals surface area contributed by atoms with Crippen molar-refractivity contribution < 1.29 is 28.6 Å². The molecule has 1 amide bonds. The Morgan fingerprint density at radius 3 is 2.03 bits per heavy atom. The number of hydrogen-bond donors (Lipinski definition) is 2. The molecule has 192 valence electrons. The van der Waals surface area contributed by atoms with E-state index in [1.54, 1.807) is 42.5 Å². The van der Waals surface area contributed by atoms with Crippen LogP contribution in [0.3, 0.4) is 0 Å². The first-order valence-electron chi connectivity index (χ1n) is 11.8. The number of nitrogens with one attached hydrogen (secondary N) is 1. The normalized spacial score (nSPS) is 18.1. The van der Waals surface area contributed by atoms with Gasteiger partial charge in [-0.05, 0) is 36.2 Å². The Morgan fingerprint density at radius 1 is 0.895 bits per heavy atom. The number of amides is 1. The molecule has 0 radical (unpaired) electrons. The number of anilines is 1. The molecule has 0 saturated heterocycles. The molecule has 9 heteroatoms. The van der Waals surface area contributed by atoms with Gasteiger partial charge in [0.15, 0.2) is 0 Å². The Labute approximate surface area is 227 Å². The number of rotatable bonds is 6. The lowest BCUT2D eigenvalue weighted by molar-refractivity contribution is -0.144. The highest BCUT2D eigenvalue weighted by molar-refractivity contribution is 9.10. The summed E-state index contributed by atoms with van der Waals surface area (Å²) in [4.78, 5) is 41.2. The average molecular weight is 575 g/mol. The van der Waals surface area contributed by atoms with Gasteiger partial charge in [-0.1, -0.05) is 76.6 Å². The van der Waals surface area contributed by atoms with E-state index in [9.17, 15) is 14.4 Å². The molecule has 8 nitrogen and oxygen atoms in total. The van der Waals surface area contributed by atoms with Crippen molar-refractivity contribution in [3.63, 3.8) is 0 Å². The van der Waals surface area contributed by atoms with Gasteiger partial charge < -0.3 is 25.3 Å². The zero-order valence-corrected chi connectivity index (χ0v) is 21.9. The fourth-order valence-electron chi connectivity index (χ4n) is 4.75. The minimum atomic E-state index is -1.95. The van der Waals surface area contributed by atoms with Crippen molar-refractivity contribution in [3.8, 4) is 0 Å². The van der Waals surface area contributed by atoms with Crippen molar-refractivity contribution in [1.82, 2.24) is 0 Å². The largest absolute Gasteiger partial charge is 0.457 e. The van der Waals surface area contributed by atoms with E-state index in [1.165, 1.54) is 6.92 Å². The van der Waals surface area contributed by atoms with Crippen molar-refractivity contribution >= 4 is 39.5 Å². The van der Waals surface area contributed by atoms with Gasteiger partial charge >= 0.3 is 11.9 Å². The van der Waals surface area contributed by atoms with Crippen molar-refractivity contribution in [2.75, 3.05) is 5.32 Å². The van der Waals surface area contributed by atoms with Gasteiger partial charge in [-0.2, -0.15) is 0 Å². The highest BCUT2D eigenvalue weighted by Crippen LogP contribution is 2.53. The standard InChI is InChI=1S/C29H23BrN2O6/c1-17-23(26(33)36-15-18-8-4-2-5-9-18)29(21-14-20(30)12-13-22(21)32-28(29)35)24(25(31)38-17)27(34)37-16-19-10-6-3-7-11-19/h2-14H,15-16,31H2,1H3,(H,32,35)/t29-/m0/s1. The Balaban J connectivity index is 1.60. The minimum Gasteiger partial charge on any atom is -0.457 e. The maximum Gasteiger partial charge on any atom is 0.341 e. The lowest BCUT2D eigenvalue weighted by Crippen LogP contribution is -2.48. The number of nitrogens with two attached hydrogens (primary N) is 1. The zero-order valence-electron chi connectivity index (χ0n) is 20.3. The quantitative estimate of drug-likeness (QED) is 0.413. The molecule has 0 aliphatic carbocycles. The van der Waals surface area contributed by atoms with Crippen LogP contribution in [0.2, 0.25) is 0 Å². The molecular formula is C29H23BrN2O6. The van der Waals surface area contributed by atoms with E-state index in [2.05, 4.69) is 21.2 Å². The van der Waals surface area contributed by atoms with Crippen molar-refractivity contribution in [3.05, 3.63) is 123 Å². The summed E-state index contributed by atoms with van der Waals surface area (Å²) in [5.41, 5.74) is 6.12. The van der Waals surface area contributed by atoms with Crippen LogP contribution in [0.15, 0.2) is 106 Å². The second-order valence-corrected chi connectivity index (χ2v) is 9.71. The number of esters is 2. The molecule has 2 heterocycles. The van der Waals surface area contributed by atoms with E-state index in [0.717, 1.165) is 11.1 Å². The maximum absolute atomic E-state index is 13.9. The lowest BCUT2D eigenvalue weighted by Gasteiger charge is -2.35. The predicted molar refractivity (Wildman–Crippen MR) is 142 cm³/mol. The molecule has 0 unspecified atom stereocenters. The molecule has 38 heavy (non-hydrogen) atoms.